The lowest BCUT2D eigenvalue weighted by Gasteiger charge is -2.03. The molecular weight excluding hydrogens is 320 g/mol. The molecule has 10 heteroatoms. The number of nitrogens with zero attached hydrogens (tertiary/aromatic N) is 2. The predicted molar refractivity (Wildman–Crippen MR) is 85.0 cm³/mol. The first-order valence-corrected chi connectivity index (χ1v) is 7.27. The number of nitrogens with one attached hydrogen (secondary N) is 2. The Morgan fingerprint density at radius 3 is 1.38 bits per heavy atom. The second kappa shape index (κ2) is 11.7. The van der Waals surface area contributed by atoms with Gasteiger partial charge in [-0.1, -0.05) is 0 Å². The van der Waals surface area contributed by atoms with Gasteiger partial charge in [-0.05, 0) is 27.7 Å². The summed E-state index contributed by atoms with van der Waals surface area (Å²) in [7, 11) is 0. The Kier molecular flexibility index (Phi) is 10.4. The summed E-state index contributed by atoms with van der Waals surface area (Å²) in [6.07, 6.45) is -0.209. The van der Waals surface area contributed by atoms with Gasteiger partial charge in [-0.3, -0.25) is 19.2 Å². The molecule has 0 spiro atoms. The van der Waals surface area contributed by atoms with E-state index in [9.17, 15) is 19.2 Å². The van der Waals surface area contributed by atoms with Crippen molar-refractivity contribution in [3.8, 4) is 0 Å². The molecule has 2 N–H and O–H groups in total. The number of carbonyl (C=O) groups excluding carboxylic acids is 4. The van der Waals surface area contributed by atoms with Crippen molar-refractivity contribution in [2.45, 2.75) is 40.5 Å². The Morgan fingerprint density at radius 1 is 0.750 bits per heavy atom. The van der Waals surface area contributed by atoms with Crippen LogP contribution in [0.25, 0.3) is 0 Å². The van der Waals surface area contributed by atoms with Crippen LogP contribution >= 0.6 is 0 Å². The summed E-state index contributed by atoms with van der Waals surface area (Å²) in [5.41, 5.74) is 4.51. The van der Waals surface area contributed by atoms with E-state index in [1.807, 2.05) is 10.9 Å². The molecule has 0 rings (SSSR count). The molecule has 10 nitrogen and oxygen atoms in total. The van der Waals surface area contributed by atoms with Gasteiger partial charge in [0, 0.05) is 11.4 Å². The van der Waals surface area contributed by atoms with Gasteiger partial charge in [-0.25, -0.2) is 10.9 Å². The van der Waals surface area contributed by atoms with E-state index < -0.39 is 23.8 Å². The third-order valence-electron chi connectivity index (χ3n) is 2.31. The Bertz CT molecular complexity index is 493. The molecule has 0 aliphatic heterocycles. The summed E-state index contributed by atoms with van der Waals surface area (Å²) in [4.78, 5) is 45.4. The number of carbonyl (C=O) groups is 4. The lowest BCUT2D eigenvalue weighted by atomic mass is 10.3. The van der Waals surface area contributed by atoms with Gasteiger partial charge in [-0.2, -0.15) is 10.2 Å². The van der Waals surface area contributed by atoms with Crippen molar-refractivity contribution in [2.24, 2.45) is 10.2 Å². The molecule has 0 radical (unpaired) electrons. The number of esters is 2. The standard InChI is InChI=1S/C14H22N4O6/c1-5-23-11(19)7-9(3)15-17-13(21)14(22)18-16-10(4)8-12(20)24-6-2/h5-8H2,1-4H3,(H,17,21)(H,18,22)/b15-9-,16-10+. The Morgan fingerprint density at radius 2 is 1.08 bits per heavy atom. The highest BCUT2D eigenvalue weighted by atomic mass is 16.5. The van der Waals surface area contributed by atoms with Crippen molar-refractivity contribution in [3.05, 3.63) is 0 Å². The number of rotatable bonds is 8. The van der Waals surface area contributed by atoms with Crippen LogP contribution in [0, 0.1) is 0 Å². The summed E-state index contributed by atoms with van der Waals surface area (Å²) in [5, 5.41) is 7.20. The quantitative estimate of drug-likeness (QED) is 0.273. The van der Waals surface area contributed by atoms with Gasteiger partial charge in [-0.15, -0.1) is 0 Å². The highest BCUT2D eigenvalue weighted by molar-refractivity contribution is 6.35. The van der Waals surface area contributed by atoms with E-state index >= 15 is 0 Å². The monoisotopic (exact) mass is 342 g/mol. The van der Waals surface area contributed by atoms with E-state index in [1.165, 1.54) is 13.8 Å². The summed E-state index contributed by atoms with van der Waals surface area (Å²) in [6, 6.07) is 0. The highest BCUT2D eigenvalue weighted by Crippen LogP contribution is 1.91. The summed E-state index contributed by atoms with van der Waals surface area (Å²) in [6.45, 7) is 6.81. The summed E-state index contributed by atoms with van der Waals surface area (Å²) >= 11 is 0. The Balaban J connectivity index is 4.34. The number of hydrogen-bond donors (Lipinski definition) is 2. The van der Waals surface area contributed by atoms with Crippen molar-refractivity contribution < 1.29 is 28.7 Å². The SMILES string of the molecule is CCOC(=O)C/C(C)=N\NC(=O)C(=O)N/N=C(\C)CC(=O)OCC. The maximum Gasteiger partial charge on any atom is 0.331 e. The van der Waals surface area contributed by atoms with Crippen LogP contribution in [0.4, 0.5) is 0 Å². The fourth-order valence-corrected chi connectivity index (χ4v) is 1.31. The molecule has 0 aromatic rings. The van der Waals surface area contributed by atoms with Crippen LogP contribution in [-0.4, -0.2) is 48.4 Å². The topological polar surface area (TPSA) is 136 Å². The van der Waals surface area contributed by atoms with Gasteiger partial charge >= 0.3 is 23.8 Å². The molecule has 0 fully saturated rings. The molecule has 0 aliphatic carbocycles. The van der Waals surface area contributed by atoms with Crippen LogP contribution in [0.15, 0.2) is 10.2 Å². The van der Waals surface area contributed by atoms with Crippen LogP contribution in [0.2, 0.25) is 0 Å². The molecule has 0 atom stereocenters. The molecule has 2 amide bonds. The zero-order valence-corrected chi connectivity index (χ0v) is 14.2. The second-order valence-electron chi connectivity index (χ2n) is 4.54. The number of hydrazone groups is 2. The van der Waals surface area contributed by atoms with E-state index in [1.54, 1.807) is 13.8 Å². The molecular formula is C14H22N4O6. The van der Waals surface area contributed by atoms with Crippen molar-refractivity contribution in [2.75, 3.05) is 13.2 Å². The molecule has 0 unspecified atom stereocenters. The van der Waals surface area contributed by atoms with Crippen molar-refractivity contribution in [3.63, 3.8) is 0 Å². The van der Waals surface area contributed by atoms with Crippen molar-refractivity contribution >= 4 is 35.2 Å². The minimum atomic E-state index is -1.06. The summed E-state index contributed by atoms with van der Waals surface area (Å²) in [5.74, 6) is -3.11. The van der Waals surface area contributed by atoms with Gasteiger partial charge in [0.25, 0.3) is 0 Å². The van der Waals surface area contributed by atoms with E-state index in [0.717, 1.165) is 0 Å². The zero-order valence-electron chi connectivity index (χ0n) is 14.2. The van der Waals surface area contributed by atoms with Gasteiger partial charge < -0.3 is 9.47 Å². The van der Waals surface area contributed by atoms with Crippen molar-refractivity contribution in [1.29, 1.82) is 0 Å². The molecule has 0 heterocycles. The minimum absolute atomic E-state index is 0.105. The van der Waals surface area contributed by atoms with Crippen LogP contribution < -0.4 is 10.9 Å². The van der Waals surface area contributed by atoms with E-state index in [4.69, 9.17) is 9.47 Å². The molecule has 0 saturated carbocycles. The average molecular weight is 342 g/mol. The van der Waals surface area contributed by atoms with Gasteiger partial charge in [0.2, 0.25) is 0 Å². The second-order valence-corrected chi connectivity index (χ2v) is 4.54. The maximum absolute atomic E-state index is 11.5. The van der Waals surface area contributed by atoms with E-state index in [2.05, 4.69) is 10.2 Å². The van der Waals surface area contributed by atoms with E-state index in [0.29, 0.717) is 0 Å². The third kappa shape index (κ3) is 10.0. The number of ether oxygens (including phenoxy) is 2. The first-order chi connectivity index (χ1) is 11.3. The van der Waals surface area contributed by atoms with Crippen LogP contribution in [0.5, 0.6) is 0 Å². The Labute approximate surface area is 139 Å². The van der Waals surface area contributed by atoms with Gasteiger partial charge in [0.05, 0.1) is 26.1 Å². The minimum Gasteiger partial charge on any atom is -0.466 e. The predicted octanol–water partition coefficient (Wildman–Crippen LogP) is -0.123. The van der Waals surface area contributed by atoms with Crippen LogP contribution in [-0.2, 0) is 28.7 Å². The largest absolute Gasteiger partial charge is 0.466 e. The Hall–Kier alpha value is -2.78. The van der Waals surface area contributed by atoms with Gasteiger partial charge in [0.15, 0.2) is 0 Å². The molecule has 0 bridgehead atoms. The normalized spacial score (nSPS) is 11.5. The van der Waals surface area contributed by atoms with Crippen molar-refractivity contribution in [1.82, 2.24) is 10.9 Å². The lowest BCUT2D eigenvalue weighted by Crippen LogP contribution is -2.36. The smallest absolute Gasteiger partial charge is 0.331 e. The molecule has 24 heavy (non-hydrogen) atoms. The van der Waals surface area contributed by atoms with E-state index in [-0.39, 0.29) is 37.5 Å². The van der Waals surface area contributed by atoms with Crippen LogP contribution in [0.3, 0.4) is 0 Å². The number of amides is 2. The molecule has 0 aromatic carbocycles. The fourth-order valence-electron chi connectivity index (χ4n) is 1.31. The molecule has 0 aromatic heterocycles. The number of hydrogen-bond acceptors (Lipinski definition) is 8. The highest BCUT2D eigenvalue weighted by Gasteiger charge is 2.13. The fraction of sp³-hybridized carbons (Fsp3) is 0.571. The maximum atomic E-state index is 11.5. The summed E-state index contributed by atoms with van der Waals surface area (Å²) < 4.78 is 9.43. The molecule has 0 saturated heterocycles. The van der Waals surface area contributed by atoms with Gasteiger partial charge in [0.1, 0.15) is 0 Å². The third-order valence-corrected chi connectivity index (χ3v) is 2.31. The molecule has 0 aliphatic rings. The molecule has 134 valence electrons. The lowest BCUT2D eigenvalue weighted by molar-refractivity contribution is -0.142. The average Bonchev–Trinajstić information content (AvgIpc) is 2.50. The first-order valence-electron chi connectivity index (χ1n) is 7.27. The van der Waals surface area contributed by atoms with Crippen LogP contribution in [0.1, 0.15) is 40.5 Å². The first kappa shape index (κ1) is 21.2. The zero-order chi connectivity index (χ0) is 18.5.